The number of benzene rings is 1. The van der Waals surface area contributed by atoms with Gasteiger partial charge in [-0.2, -0.15) is 0 Å². The van der Waals surface area contributed by atoms with Gasteiger partial charge in [0.2, 0.25) is 0 Å². The van der Waals surface area contributed by atoms with Crippen molar-refractivity contribution in [1.29, 1.82) is 0 Å². The minimum absolute atomic E-state index is 0.134. The average molecular weight is 910 g/mol. The molecule has 1 aromatic rings. The maximum atomic E-state index is 12.6. The summed E-state index contributed by atoms with van der Waals surface area (Å²) in [6.45, 7) is 12.7. The van der Waals surface area contributed by atoms with Crippen LogP contribution in [0.5, 0.6) is 0 Å². The van der Waals surface area contributed by atoms with Gasteiger partial charge in [-0.05, 0) is 196 Å². The third-order valence-corrected chi connectivity index (χ3v) is 20.8. The van der Waals surface area contributed by atoms with E-state index in [-0.39, 0.29) is 58.6 Å². The molecule has 1 aromatic carbocycles. The number of carboxylic acid groups (broad SMARTS) is 1. The van der Waals surface area contributed by atoms with Crippen LogP contribution >= 0.6 is 11.8 Å². The normalized spacial score (nSPS) is 42.3. The van der Waals surface area contributed by atoms with Crippen LogP contribution in [-0.4, -0.2) is 83.4 Å². The van der Waals surface area contributed by atoms with Crippen LogP contribution in [0.3, 0.4) is 0 Å². The zero-order chi connectivity index (χ0) is 46.1. The zero-order valence-corrected chi connectivity index (χ0v) is 41.4. The van der Waals surface area contributed by atoms with Crippen LogP contribution in [0.4, 0.5) is 5.69 Å². The number of allylic oxidation sites excluding steroid dienone is 4. The van der Waals surface area contributed by atoms with Crippen LogP contribution in [0.15, 0.2) is 47.1 Å². The third-order valence-electron chi connectivity index (χ3n) is 20.4. The van der Waals surface area contributed by atoms with Gasteiger partial charge in [-0.15, -0.1) is 17.7 Å². The Balaban J connectivity index is 0.860. The van der Waals surface area contributed by atoms with Crippen LogP contribution in [0.2, 0.25) is 0 Å². The number of carbonyl (C=O) groups excluding carboxylic acids is 1. The minimum Gasteiger partial charge on any atom is -0.481 e. The highest BCUT2D eigenvalue weighted by Gasteiger charge is 2.67. The molecule has 0 unspecified atom stereocenters. The number of ether oxygens (including phenoxy) is 2. The molecule has 9 rings (SSSR count). The lowest BCUT2D eigenvalue weighted by Gasteiger charge is -2.64. The number of aliphatic hydroxyl groups excluding tert-OH is 1. The Morgan fingerprint density at radius 1 is 0.969 bits per heavy atom. The number of thioether (sulfide) groups is 1. The van der Waals surface area contributed by atoms with E-state index in [9.17, 15) is 24.9 Å². The van der Waals surface area contributed by atoms with Crippen LogP contribution < -0.4 is 4.90 Å². The molecule has 0 radical (unpaired) electrons. The molecular weight excluding hydrogens is 831 g/mol. The van der Waals surface area contributed by atoms with Gasteiger partial charge in [0.05, 0.1) is 30.9 Å². The first-order chi connectivity index (χ1) is 31.1. The molecule has 0 aromatic heterocycles. The molecule has 16 atom stereocenters. The van der Waals surface area contributed by atoms with E-state index in [0.717, 1.165) is 90.0 Å². The number of carboxylic acids is 1. The van der Waals surface area contributed by atoms with Gasteiger partial charge in [-0.25, -0.2) is 0 Å². The Labute approximate surface area is 394 Å². The second kappa shape index (κ2) is 18.4. The molecule has 0 amide bonds. The Kier molecular flexibility index (Phi) is 13.4. The van der Waals surface area contributed by atoms with Crippen molar-refractivity contribution in [3.05, 3.63) is 52.6 Å². The molecule has 8 aliphatic carbocycles. The van der Waals surface area contributed by atoms with E-state index < -0.39 is 11.6 Å². The molecule has 6 fully saturated rings. The maximum Gasteiger partial charge on any atom is 0.303 e. The number of hydrogen-bond acceptors (Lipinski definition) is 8. The smallest absolute Gasteiger partial charge is 0.303 e. The number of likely N-dealkylation sites (N-methyl/N-ethyl adjacent to an activating group) is 1. The number of hydrogen-bond donors (Lipinski definition) is 3. The molecule has 65 heavy (non-hydrogen) atoms. The second-order valence-corrected chi connectivity index (χ2v) is 23.9. The lowest BCUT2D eigenvalue weighted by atomic mass is 9.43. The summed E-state index contributed by atoms with van der Waals surface area (Å²) >= 11 is 1.75. The molecule has 0 spiro atoms. The van der Waals surface area contributed by atoms with Crippen molar-refractivity contribution in [1.82, 2.24) is 0 Å². The van der Waals surface area contributed by atoms with Gasteiger partial charge < -0.3 is 29.7 Å². The average Bonchev–Trinajstić information content (AvgIpc) is 3.78. The molecule has 8 aliphatic rings. The highest BCUT2D eigenvalue weighted by Crippen LogP contribution is 2.70. The summed E-state index contributed by atoms with van der Waals surface area (Å²) < 4.78 is 13.6. The summed E-state index contributed by atoms with van der Waals surface area (Å²) in [5.74, 6) is 9.89. The molecular formula is C56H79NO7S. The topological polar surface area (TPSA) is 117 Å². The molecule has 6 saturated carbocycles. The summed E-state index contributed by atoms with van der Waals surface area (Å²) in [7, 11) is 2.17. The van der Waals surface area contributed by atoms with Gasteiger partial charge >= 0.3 is 5.97 Å². The molecule has 8 nitrogen and oxygen atoms in total. The van der Waals surface area contributed by atoms with E-state index in [4.69, 9.17) is 9.47 Å². The van der Waals surface area contributed by atoms with E-state index in [1.54, 1.807) is 17.3 Å². The first-order valence-corrected chi connectivity index (χ1v) is 27.0. The Bertz CT molecular complexity index is 2090. The molecule has 9 heteroatoms. The lowest BCUT2D eigenvalue weighted by Crippen LogP contribution is -2.62. The minimum atomic E-state index is -0.981. The number of rotatable bonds is 13. The number of aliphatic hydroxyl groups is 2. The molecule has 0 saturated heterocycles. The van der Waals surface area contributed by atoms with Crippen molar-refractivity contribution >= 4 is 29.2 Å². The van der Waals surface area contributed by atoms with E-state index in [0.29, 0.717) is 66.8 Å². The van der Waals surface area contributed by atoms with Crippen LogP contribution in [0.25, 0.3) is 0 Å². The summed E-state index contributed by atoms with van der Waals surface area (Å²) in [5.41, 5.74) is 5.36. The summed E-state index contributed by atoms with van der Waals surface area (Å²) in [6, 6.07) is 9.18. The van der Waals surface area contributed by atoms with Gasteiger partial charge in [-0.3, -0.25) is 9.59 Å². The van der Waals surface area contributed by atoms with Gasteiger partial charge in [0.25, 0.3) is 0 Å². The van der Waals surface area contributed by atoms with Crippen LogP contribution in [0.1, 0.15) is 149 Å². The van der Waals surface area contributed by atoms with Crippen molar-refractivity contribution in [2.45, 2.75) is 167 Å². The van der Waals surface area contributed by atoms with Crippen LogP contribution in [0, 0.1) is 75.4 Å². The summed E-state index contributed by atoms with van der Waals surface area (Å²) in [6.07, 6.45) is 18.2. The predicted octanol–water partition coefficient (Wildman–Crippen LogP) is 10.6. The standard InChI is InChI=1S/C56H79NO7S/c1-8-23-56(62)25-22-45-42-16-12-36-28-39(58)15-17-41(36)51(42)43(32-54(45,56)4)35-10-13-38(14-11-35)57(6)26-27-63-40-21-24-53(3)37(29-40)30-48(64-33-65-7)52-46-19-18-44(34(2)9-20-50(60)61)55(46,5)49(59)31-47(52)53/h10-11,13-14,28,34,37,40,42-49,52,59,62H,9,12,15-22,24-27,29-33H2,1-7H3,(H,60,61)/t34-,37+,40+,42+,43-,44-,45+,46+,47+,48-,49+,52+,53+,54+,55-,56-/m1/s1. The molecule has 0 bridgehead atoms. The third kappa shape index (κ3) is 8.11. The summed E-state index contributed by atoms with van der Waals surface area (Å²) in [5, 5.41) is 33.8. The fraction of sp³-hybridized carbons (Fsp3) is 0.750. The Morgan fingerprint density at radius 2 is 1.75 bits per heavy atom. The largest absolute Gasteiger partial charge is 0.481 e. The maximum absolute atomic E-state index is 12.6. The van der Waals surface area contributed by atoms with Gasteiger partial charge in [-0.1, -0.05) is 51.3 Å². The molecule has 356 valence electrons. The number of fused-ring (bicyclic) bond motifs is 9. The van der Waals surface area contributed by atoms with Crippen molar-refractivity contribution < 1.29 is 34.4 Å². The van der Waals surface area contributed by atoms with Gasteiger partial charge in [0.15, 0.2) is 5.78 Å². The molecule has 0 aliphatic heterocycles. The fourth-order valence-corrected chi connectivity index (χ4v) is 17.3. The SMILES string of the molecule is CC#C[C@@]1(O)CC[C@H]2[C@@H]3CCC4=CC(=O)CCC4=C3[C@@H](c3ccc(N(C)CCO[C@H]4CC[C@@]5(C)[C@@H](C4)C[C@@H](OCSC)[C@@H]4[C@@H]5C[C@H](O)[C@]5(C)[C@@H]([C@H](C)CCC(=O)O)CC[C@@H]45)cc3)C[C@@]21C. The van der Waals surface area contributed by atoms with Crippen molar-refractivity contribution in [2.24, 2.45) is 63.6 Å². The van der Waals surface area contributed by atoms with E-state index >= 15 is 0 Å². The number of ketones is 1. The molecule has 0 heterocycles. The predicted molar refractivity (Wildman–Crippen MR) is 259 cm³/mol. The van der Waals surface area contributed by atoms with E-state index in [2.05, 4.69) is 82.0 Å². The molecule has 3 N–H and O–H groups in total. The number of nitrogens with zero attached hydrogens (tertiary/aromatic N) is 1. The Hall–Kier alpha value is -2.61. The Morgan fingerprint density at radius 3 is 2.49 bits per heavy atom. The highest BCUT2D eigenvalue weighted by atomic mass is 32.2. The number of aliphatic carboxylic acids is 1. The first kappa shape index (κ1) is 47.5. The van der Waals surface area contributed by atoms with Gasteiger partial charge in [0, 0.05) is 43.5 Å². The van der Waals surface area contributed by atoms with Crippen LogP contribution in [-0.2, 0) is 19.1 Å². The van der Waals surface area contributed by atoms with E-state index in [1.165, 1.54) is 22.4 Å². The monoisotopic (exact) mass is 910 g/mol. The fourth-order valence-electron chi connectivity index (χ4n) is 16.9. The second-order valence-electron chi connectivity index (χ2n) is 23.1. The van der Waals surface area contributed by atoms with Crippen molar-refractivity contribution in [3.8, 4) is 11.8 Å². The lowest BCUT2D eigenvalue weighted by molar-refractivity contribution is -0.215. The number of carbonyl (C=O) groups is 2. The van der Waals surface area contributed by atoms with Crippen molar-refractivity contribution in [3.63, 3.8) is 0 Å². The van der Waals surface area contributed by atoms with Crippen molar-refractivity contribution in [2.75, 3.05) is 37.3 Å². The highest BCUT2D eigenvalue weighted by molar-refractivity contribution is 7.98. The zero-order valence-electron chi connectivity index (χ0n) is 40.6. The first-order valence-electron chi connectivity index (χ1n) is 25.6. The van der Waals surface area contributed by atoms with E-state index in [1.807, 2.05) is 13.0 Å². The quantitative estimate of drug-likeness (QED) is 0.131. The summed E-state index contributed by atoms with van der Waals surface area (Å²) in [4.78, 5) is 26.4. The number of anilines is 1. The van der Waals surface area contributed by atoms with Gasteiger partial charge in [0.1, 0.15) is 5.60 Å².